The Hall–Kier alpha value is -3.22. The molecule has 5 rings (SSSR count). The number of allylic oxidation sites excluding steroid dienone is 1. The Bertz CT molecular complexity index is 1830. The van der Waals surface area contributed by atoms with Crippen molar-refractivity contribution in [2.75, 3.05) is 13.7 Å². The van der Waals surface area contributed by atoms with Crippen LogP contribution in [0.4, 0.5) is 0 Å². The molecule has 0 bridgehead atoms. The Morgan fingerprint density at radius 2 is 1.83 bits per heavy atom. The molecule has 3 aromatic carbocycles. The van der Waals surface area contributed by atoms with E-state index in [1.165, 1.54) is 18.4 Å². The smallest absolute Gasteiger partial charge is 0.338 e. The summed E-state index contributed by atoms with van der Waals surface area (Å²) in [6, 6.07) is 20.7. The van der Waals surface area contributed by atoms with Gasteiger partial charge in [0.05, 0.1) is 39.1 Å². The molecule has 216 valence electrons. The van der Waals surface area contributed by atoms with Gasteiger partial charge in [-0.2, -0.15) is 0 Å². The standard InChI is InChI=1S/C32H28BrIN2O5S/c1-4-24-27(31(38)39-3)28(21-9-7-6-8-10-21)36-30(37)26(42-32(36)35-24)17-20-15-23(34)29(25(16-20)40-5-2)41-18-19-11-13-22(33)14-12-19/h6-17,28H,4-5,18H2,1-3H3/b26-17-/t28-/m1/s1. The van der Waals surface area contributed by atoms with Gasteiger partial charge in [-0.15, -0.1) is 0 Å². The number of ether oxygens (including phenoxy) is 3. The summed E-state index contributed by atoms with van der Waals surface area (Å²) in [6.45, 7) is 4.71. The van der Waals surface area contributed by atoms with Gasteiger partial charge >= 0.3 is 5.97 Å². The van der Waals surface area contributed by atoms with E-state index in [9.17, 15) is 9.59 Å². The summed E-state index contributed by atoms with van der Waals surface area (Å²) in [5.41, 5.74) is 3.41. The maximum absolute atomic E-state index is 13.9. The van der Waals surface area contributed by atoms with Gasteiger partial charge in [0.2, 0.25) is 0 Å². The Kier molecular flexibility index (Phi) is 9.64. The van der Waals surface area contributed by atoms with Crippen LogP contribution in [0.2, 0.25) is 0 Å². The van der Waals surface area contributed by atoms with E-state index in [2.05, 4.69) is 38.5 Å². The predicted octanol–water partition coefficient (Wildman–Crippen LogP) is 6.14. The van der Waals surface area contributed by atoms with Gasteiger partial charge in [0, 0.05) is 4.47 Å². The molecule has 0 fully saturated rings. The normalized spacial score (nSPS) is 14.8. The quantitative estimate of drug-likeness (QED) is 0.151. The number of halogens is 2. The first-order chi connectivity index (χ1) is 20.3. The molecule has 0 amide bonds. The maximum Gasteiger partial charge on any atom is 0.338 e. The lowest BCUT2D eigenvalue weighted by Gasteiger charge is -2.25. The number of nitrogens with zero attached hydrogens (tertiary/aromatic N) is 2. The summed E-state index contributed by atoms with van der Waals surface area (Å²) in [4.78, 5) is 32.2. The zero-order valence-corrected chi connectivity index (χ0v) is 27.8. The van der Waals surface area contributed by atoms with E-state index in [1.807, 2.05) is 86.7 Å². The van der Waals surface area contributed by atoms with Crippen LogP contribution in [-0.4, -0.2) is 24.3 Å². The van der Waals surface area contributed by atoms with Crippen molar-refractivity contribution in [3.05, 3.63) is 122 Å². The van der Waals surface area contributed by atoms with Gasteiger partial charge in [-0.3, -0.25) is 9.36 Å². The number of carbonyl (C=O) groups is 1. The van der Waals surface area contributed by atoms with E-state index in [1.54, 1.807) is 4.57 Å². The molecule has 7 nitrogen and oxygen atoms in total. The number of thiazole rings is 1. The number of rotatable bonds is 9. The number of fused-ring (bicyclic) bond motifs is 1. The van der Waals surface area contributed by atoms with Crippen LogP contribution in [0, 0.1) is 3.57 Å². The molecule has 4 aromatic rings. The third-order valence-corrected chi connectivity index (χ3v) is 9.00. The molecule has 0 unspecified atom stereocenters. The fraction of sp³-hybridized carbons (Fsp3) is 0.219. The van der Waals surface area contributed by atoms with E-state index in [4.69, 9.17) is 19.2 Å². The van der Waals surface area contributed by atoms with Crippen LogP contribution in [0.3, 0.4) is 0 Å². The van der Waals surface area contributed by atoms with Crippen molar-refractivity contribution >= 4 is 61.9 Å². The topological polar surface area (TPSA) is 79.1 Å². The molecule has 0 radical (unpaired) electrons. The number of esters is 1. The summed E-state index contributed by atoms with van der Waals surface area (Å²) >= 11 is 6.99. The lowest BCUT2D eigenvalue weighted by atomic mass is 9.95. The van der Waals surface area contributed by atoms with Gasteiger partial charge < -0.3 is 14.2 Å². The van der Waals surface area contributed by atoms with Crippen LogP contribution < -0.4 is 24.4 Å². The Morgan fingerprint density at radius 3 is 2.50 bits per heavy atom. The first-order valence-corrected chi connectivity index (χ1v) is 16.0. The summed E-state index contributed by atoms with van der Waals surface area (Å²) < 4.78 is 21.2. The fourth-order valence-corrected chi connectivity index (χ4v) is 6.84. The second-order valence-electron chi connectivity index (χ2n) is 9.38. The molecule has 10 heteroatoms. The molecular weight excluding hydrogens is 731 g/mol. The SMILES string of the molecule is CCOc1cc(/C=c2\sc3n(c2=O)[C@H](c2ccccc2)C(C(=O)OC)=C(CC)N=3)cc(I)c1OCc1ccc(Br)cc1. The summed E-state index contributed by atoms with van der Waals surface area (Å²) in [5.74, 6) is 0.760. The van der Waals surface area contributed by atoms with Crippen LogP contribution in [0.1, 0.15) is 43.0 Å². The van der Waals surface area contributed by atoms with Crippen LogP contribution in [0.15, 0.2) is 92.3 Å². The molecule has 2 heterocycles. The van der Waals surface area contributed by atoms with E-state index < -0.39 is 12.0 Å². The fourth-order valence-electron chi connectivity index (χ4n) is 4.78. The monoisotopic (exact) mass is 758 g/mol. The Labute approximate surface area is 269 Å². The lowest BCUT2D eigenvalue weighted by molar-refractivity contribution is -0.136. The predicted molar refractivity (Wildman–Crippen MR) is 176 cm³/mol. The van der Waals surface area contributed by atoms with Crippen molar-refractivity contribution in [1.82, 2.24) is 4.57 Å². The van der Waals surface area contributed by atoms with Crippen molar-refractivity contribution in [1.29, 1.82) is 0 Å². The highest BCUT2D eigenvalue weighted by atomic mass is 127. The Morgan fingerprint density at radius 1 is 1.10 bits per heavy atom. The van der Waals surface area contributed by atoms with E-state index in [-0.39, 0.29) is 5.56 Å². The Balaban J connectivity index is 1.59. The molecule has 0 saturated heterocycles. The average Bonchev–Trinajstić information content (AvgIpc) is 3.30. The van der Waals surface area contributed by atoms with Gasteiger partial charge in [-0.05, 0) is 83.0 Å². The molecule has 42 heavy (non-hydrogen) atoms. The highest BCUT2D eigenvalue weighted by molar-refractivity contribution is 14.1. The van der Waals surface area contributed by atoms with Crippen molar-refractivity contribution in [2.45, 2.75) is 32.9 Å². The number of carbonyl (C=O) groups excluding carboxylic acids is 1. The molecule has 1 aliphatic rings. The minimum absolute atomic E-state index is 0.229. The summed E-state index contributed by atoms with van der Waals surface area (Å²) in [5, 5.41) is 0. The summed E-state index contributed by atoms with van der Waals surface area (Å²) in [6.07, 6.45) is 2.36. The van der Waals surface area contributed by atoms with Gasteiger partial charge in [0.15, 0.2) is 16.3 Å². The average molecular weight is 759 g/mol. The van der Waals surface area contributed by atoms with Gasteiger partial charge in [0.1, 0.15) is 6.61 Å². The van der Waals surface area contributed by atoms with Crippen molar-refractivity contribution in [3.63, 3.8) is 0 Å². The maximum atomic E-state index is 13.9. The second kappa shape index (κ2) is 13.4. The zero-order chi connectivity index (χ0) is 29.8. The van der Waals surface area contributed by atoms with E-state index in [0.29, 0.717) is 51.7 Å². The lowest BCUT2D eigenvalue weighted by Crippen LogP contribution is -2.40. The third-order valence-electron chi connectivity index (χ3n) is 6.69. The molecule has 1 aromatic heterocycles. The second-order valence-corrected chi connectivity index (χ2v) is 12.5. The van der Waals surface area contributed by atoms with Crippen LogP contribution in [-0.2, 0) is 16.1 Å². The number of aromatic nitrogens is 1. The minimum Gasteiger partial charge on any atom is -0.490 e. The van der Waals surface area contributed by atoms with Crippen LogP contribution >= 0.6 is 49.9 Å². The highest BCUT2D eigenvalue weighted by Crippen LogP contribution is 2.35. The van der Waals surface area contributed by atoms with Gasteiger partial charge in [0.25, 0.3) is 5.56 Å². The molecule has 0 saturated carbocycles. The first-order valence-electron chi connectivity index (χ1n) is 13.4. The number of hydrogen-bond acceptors (Lipinski definition) is 7. The van der Waals surface area contributed by atoms with Gasteiger partial charge in [-0.1, -0.05) is 76.7 Å². The third kappa shape index (κ3) is 6.25. The zero-order valence-electron chi connectivity index (χ0n) is 23.2. The molecule has 0 spiro atoms. The van der Waals surface area contributed by atoms with Crippen molar-refractivity contribution in [3.8, 4) is 11.5 Å². The first kappa shape index (κ1) is 30.2. The molecular formula is C32H28BrIN2O5S. The van der Waals surface area contributed by atoms with Gasteiger partial charge in [-0.25, -0.2) is 9.79 Å². The van der Waals surface area contributed by atoms with Crippen molar-refractivity contribution in [2.24, 2.45) is 4.99 Å². The molecule has 1 atom stereocenters. The van der Waals surface area contributed by atoms with Crippen LogP contribution in [0.5, 0.6) is 11.5 Å². The van der Waals surface area contributed by atoms with Crippen LogP contribution in [0.25, 0.3) is 6.08 Å². The highest BCUT2D eigenvalue weighted by Gasteiger charge is 2.33. The molecule has 1 aliphatic heterocycles. The van der Waals surface area contributed by atoms with E-state index >= 15 is 0 Å². The number of benzene rings is 3. The largest absolute Gasteiger partial charge is 0.490 e. The molecule has 0 aliphatic carbocycles. The minimum atomic E-state index is -0.638. The molecule has 0 N–H and O–H groups in total. The summed E-state index contributed by atoms with van der Waals surface area (Å²) in [7, 11) is 1.35. The van der Waals surface area contributed by atoms with E-state index in [0.717, 1.165) is 24.7 Å². The number of hydrogen-bond donors (Lipinski definition) is 0. The van der Waals surface area contributed by atoms with Crippen molar-refractivity contribution < 1.29 is 19.0 Å². The number of methoxy groups -OCH3 is 1.